The van der Waals surface area contributed by atoms with Gasteiger partial charge in [-0.1, -0.05) is 127 Å². The van der Waals surface area contributed by atoms with E-state index in [4.69, 9.17) is 19.9 Å². The van der Waals surface area contributed by atoms with Crippen LogP contribution in [0.5, 0.6) is 0 Å². The molecule has 32 heteroatoms. The van der Waals surface area contributed by atoms with E-state index < -0.39 is 65.6 Å². The normalized spacial score (nSPS) is 13.0. The summed E-state index contributed by atoms with van der Waals surface area (Å²) in [6.07, 6.45) is 14.0. The molecule has 8 aromatic carbocycles. The second kappa shape index (κ2) is 29.4. The van der Waals surface area contributed by atoms with Gasteiger partial charge in [-0.3, -0.25) is 27.3 Å². The Bertz CT molecular complexity index is 7920. The standard InChI is InChI=1S/C89H60N8O18S6/c1-49-2-4-51(5-3-49)82-65-32-36-75(90-65)87(56-16-27-62(28-17-56)119(107,108)109)77-44-46-79(96-77)89(80-47-45-78(97-80)88(76-37-33-66(82)91-76)57-18-29-63(30-19-57)120(110,111)112)58-20-31-64(81(48-58)121(113,114)115)50-6-8-52(9-7-50)83-67-34-38-69(92-67)84(53-10-21-59(22-11-53)116(98,99)100)71-40-42-73(94-71)86(55-14-25-61(26-15-55)118(104,105)106)74-43-41-72(95-74)85(70-39-35-68(83)93-70)54-12-23-60(24-13-54)117(101,102)103/h2-48,90,92,95,97H,1H3,(H,98,99,100)(H,101,102,103)(H,104,105,106)(H,107,108,109)(H,110,111,112)(H,113,114,115). The Balaban J connectivity index is 0.849. The molecule has 18 rings (SSSR count). The van der Waals surface area contributed by atoms with Crippen molar-refractivity contribution < 1.29 is 77.8 Å². The predicted octanol–water partition coefficient (Wildman–Crippen LogP) is 18.4. The lowest BCUT2D eigenvalue weighted by atomic mass is 9.97. The Morgan fingerprint density at radius 1 is 0.207 bits per heavy atom. The number of aromatic nitrogens is 8. The third-order valence-corrected chi connectivity index (χ3v) is 26.3. The number of aryl methyl sites for hydroxylation is 1. The molecule has 10 N–H and O–H groups in total. The molecule has 4 aliphatic heterocycles. The van der Waals surface area contributed by atoms with Crippen molar-refractivity contribution in [3.05, 3.63) is 288 Å². The summed E-state index contributed by atoms with van der Waals surface area (Å²) < 4.78 is 215. The first kappa shape index (κ1) is 78.6. The van der Waals surface area contributed by atoms with Crippen LogP contribution in [0.2, 0.25) is 0 Å². The van der Waals surface area contributed by atoms with Crippen molar-refractivity contribution in [1.29, 1.82) is 0 Å². The van der Waals surface area contributed by atoms with Crippen molar-refractivity contribution in [3.63, 3.8) is 0 Å². The molecule has 0 aliphatic carbocycles. The van der Waals surface area contributed by atoms with E-state index in [9.17, 15) is 77.8 Å². The Hall–Kier alpha value is -13.6. The molecule has 10 heterocycles. The van der Waals surface area contributed by atoms with Gasteiger partial charge < -0.3 is 19.9 Å². The van der Waals surface area contributed by atoms with Crippen LogP contribution in [-0.4, -0.2) is 118 Å². The van der Waals surface area contributed by atoms with Crippen molar-refractivity contribution in [1.82, 2.24) is 39.9 Å². The molecule has 26 nitrogen and oxygen atoms in total. The van der Waals surface area contributed by atoms with Gasteiger partial charge in [-0.05, 0) is 221 Å². The molecule has 600 valence electrons. The lowest BCUT2D eigenvalue weighted by molar-refractivity contribution is 0.481. The smallest absolute Gasteiger partial charge is 0.295 e. The number of aromatic amines is 4. The largest absolute Gasteiger partial charge is 0.354 e. The molecule has 0 saturated carbocycles. The molecule has 0 saturated heterocycles. The topological polar surface area (TPSA) is 441 Å². The third-order valence-electron chi connectivity index (χ3n) is 21.1. The molecule has 16 bridgehead atoms. The van der Waals surface area contributed by atoms with Crippen LogP contribution >= 0.6 is 0 Å². The van der Waals surface area contributed by atoms with Gasteiger partial charge in [0.25, 0.3) is 60.7 Å². The number of fused-ring (bicyclic) bond motifs is 16. The minimum atomic E-state index is -5.19. The zero-order valence-electron chi connectivity index (χ0n) is 62.5. The number of nitrogens with zero attached hydrogens (tertiary/aromatic N) is 4. The first-order valence-corrected chi connectivity index (χ1v) is 45.3. The van der Waals surface area contributed by atoms with E-state index in [1.165, 1.54) is 133 Å². The minimum absolute atomic E-state index is 0.0464. The molecule has 0 spiro atoms. The molecule has 121 heavy (non-hydrogen) atoms. The number of hydrogen-bond acceptors (Lipinski definition) is 16. The summed E-state index contributed by atoms with van der Waals surface area (Å²) in [7, 11) is -28.4. The molecule has 0 radical (unpaired) electrons. The fourth-order valence-corrected chi connectivity index (χ4v) is 18.6. The van der Waals surface area contributed by atoms with Gasteiger partial charge in [0.05, 0.1) is 70.0 Å². The van der Waals surface area contributed by atoms with Gasteiger partial charge in [-0.25, -0.2) is 19.9 Å². The summed E-state index contributed by atoms with van der Waals surface area (Å²) in [5.74, 6) is 0. The van der Waals surface area contributed by atoms with Gasteiger partial charge in [0.1, 0.15) is 4.90 Å². The Kier molecular flexibility index (Phi) is 19.1. The molecular formula is C89H60N8O18S6. The summed E-state index contributed by atoms with van der Waals surface area (Å²) in [6.45, 7) is 1.96. The summed E-state index contributed by atoms with van der Waals surface area (Å²) in [6, 6.07) is 60.9. The van der Waals surface area contributed by atoms with Crippen molar-refractivity contribution in [2.75, 3.05) is 0 Å². The molecule has 14 aromatic rings. The van der Waals surface area contributed by atoms with Gasteiger partial charge in [0, 0.05) is 94.2 Å². The van der Waals surface area contributed by atoms with Gasteiger partial charge >= 0.3 is 0 Å². The summed E-state index contributed by atoms with van der Waals surface area (Å²) in [5, 5.41) is 0. The van der Waals surface area contributed by atoms with Crippen molar-refractivity contribution in [2.45, 2.75) is 36.3 Å². The Labute approximate surface area is 690 Å². The molecule has 0 fully saturated rings. The highest BCUT2D eigenvalue weighted by Gasteiger charge is 2.27. The fraction of sp³-hybridized carbons (Fsp3) is 0.0112. The lowest BCUT2D eigenvalue weighted by Gasteiger charge is -2.12. The van der Waals surface area contributed by atoms with E-state index in [1.54, 1.807) is 109 Å². The molecule has 6 aromatic heterocycles. The predicted molar refractivity (Wildman–Crippen MR) is 464 cm³/mol. The maximum absolute atomic E-state index is 14.3. The maximum atomic E-state index is 14.3. The van der Waals surface area contributed by atoms with Crippen molar-refractivity contribution in [3.8, 4) is 100 Å². The van der Waals surface area contributed by atoms with E-state index in [0.29, 0.717) is 167 Å². The van der Waals surface area contributed by atoms with Crippen LogP contribution in [0.1, 0.15) is 51.1 Å². The SMILES string of the molecule is Cc1ccc(-c2c3nc(c(-c4ccc(S(=O)(=O)O)cc4)c4ccc([nH]4)c(-c4ccc(-c5ccc(-c6c7nc(c(-c8ccc(S(=O)(=O)O)cc8)c8ccc([nH]8)c(-c8ccc(S(=O)(=O)O)cc8)c8nc(c(-c9ccc(S(=O)(=O)O)cc9)c9ccc6[nH]9)C=C8)C=C7)cc5)c(S(=O)(=O)O)c4)c4nc(c(-c5ccc(S(=O)(=O)O)cc5)c5ccc2[nH]5)C=C4)C=C3)cc1. The summed E-state index contributed by atoms with van der Waals surface area (Å²) in [5.41, 5.74) is 15.3. The average molecular weight is 1720 g/mol. The highest BCUT2D eigenvalue weighted by atomic mass is 32.2. The van der Waals surface area contributed by atoms with Crippen LogP contribution in [0.25, 0.3) is 193 Å². The zero-order valence-corrected chi connectivity index (χ0v) is 67.4. The fourth-order valence-electron chi connectivity index (χ4n) is 15.5. The van der Waals surface area contributed by atoms with Crippen LogP contribution < -0.4 is 0 Å². The zero-order chi connectivity index (χ0) is 84.6. The highest BCUT2D eigenvalue weighted by Crippen LogP contribution is 2.45. The van der Waals surface area contributed by atoms with E-state index in [0.717, 1.165) is 11.1 Å². The molecule has 0 unspecified atom stereocenters. The van der Waals surface area contributed by atoms with Crippen molar-refractivity contribution >= 4 is 153 Å². The van der Waals surface area contributed by atoms with Gasteiger partial charge in [-0.15, -0.1) is 0 Å². The third kappa shape index (κ3) is 15.1. The van der Waals surface area contributed by atoms with Crippen LogP contribution in [0, 0.1) is 6.92 Å². The molecule has 0 amide bonds. The minimum Gasteiger partial charge on any atom is -0.354 e. The monoisotopic (exact) mass is 1720 g/mol. The van der Waals surface area contributed by atoms with E-state index in [2.05, 4.69) is 19.9 Å². The number of nitrogens with one attached hydrogen (secondary N) is 4. The first-order chi connectivity index (χ1) is 57.6. The number of H-pyrrole nitrogens is 4. The maximum Gasteiger partial charge on any atom is 0.295 e. The van der Waals surface area contributed by atoms with Crippen LogP contribution in [0.3, 0.4) is 0 Å². The van der Waals surface area contributed by atoms with Gasteiger partial charge in [-0.2, -0.15) is 50.5 Å². The second-order valence-corrected chi connectivity index (χ2v) is 37.1. The summed E-state index contributed by atoms with van der Waals surface area (Å²) in [4.78, 5) is 32.8. The first-order valence-electron chi connectivity index (χ1n) is 36.6. The Morgan fingerprint density at radius 3 is 0.579 bits per heavy atom. The van der Waals surface area contributed by atoms with Crippen LogP contribution in [-0.2, 0) is 60.7 Å². The lowest BCUT2D eigenvalue weighted by Crippen LogP contribution is -2.02. The molecule has 0 atom stereocenters. The number of benzene rings is 8. The van der Waals surface area contributed by atoms with E-state index in [1.807, 2.05) is 49.4 Å². The molecular weight excluding hydrogens is 1660 g/mol. The average Bonchev–Trinajstić information content (AvgIpc) is 1.68. The van der Waals surface area contributed by atoms with Gasteiger partial charge in [0.15, 0.2) is 0 Å². The Morgan fingerprint density at radius 2 is 0.380 bits per heavy atom. The highest BCUT2D eigenvalue weighted by molar-refractivity contribution is 7.87. The van der Waals surface area contributed by atoms with Crippen LogP contribution in [0.4, 0.5) is 0 Å². The van der Waals surface area contributed by atoms with Gasteiger partial charge in [0.2, 0.25) is 0 Å². The van der Waals surface area contributed by atoms with Crippen molar-refractivity contribution in [2.24, 2.45) is 0 Å². The van der Waals surface area contributed by atoms with E-state index >= 15 is 0 Å². The number of hydrogen-bond donors (Lipinski definition) is 10. The molecule has 4 aliphatic rings. The number of rotatable bonds is 15. The summed E-state index contributed by atoms with van der Waals surface area (Å²) >= 11 is 0. The quantitative estimate of drug-likeness (QED) is 0.0426. The second-order valence-electron chi connectivity index (χ2n) is 28.6. The van der Waals surface area contributed by atoms with Crippen LogP contribution in [0.15, 0.2) is 266 Å². The van der Waals surface area contributed by atoms with E-state index in [-0.39, 0.29) is 41.3 Å².